The van der Waals surface area contributed by atoms with E-state index in [0.717, 1.165) is 112 Å². The molecule has 10 unspecified atom stereocenters. The molecule has 72 heavy (non-hydrogen) atoms. The van der Waals surface area contributed by atoms with Gasteiger partial charge in [-0.25, -0.2) is 0 Å². The van der Waals surface area contributed by atoms with Gasteiger partial charge in [0.05, 0.1) is 21.8 Å². The lowest BCUT2D eigenvalue weighted by Gasteiger charge is -2.60. The third kappa shape index (κ3) is 10.6. The van der Waals surface area contributed by atoms with Crippen molar-refractivity contribution >= 4 is 17.9 Å². The number of hydrogen-bond acceptors (Lipinski definition) is 8. The van der Waals surface area contributed by atoms with Crippen LogP contribution in [0.4, 0.5) is 0 Å². The predicted molar refractivity (Wildman–Crippen MR) is 287 cm³/mol. The van der Waals surface area contributed by atoms with Crippen molar-refractivity contribution in [2.24, 2.45) is 87.3 Å². The lowest BCUT2D eigenvalue weighted by molar-refractivity contribution is -0.225. The maximum atomic E-state index is 12.7. The molecule has 0 amide bonds. The highest BCUT2D eigenvalue weighted by Crippen LogP contribution is 2.71. The van der Waals surface area contributed by atoms with Gasteiger partial charge in [0, 0.05) is 12.3 Å². The summed E-state index contributed by atoms with van der Waals surface area (Å²) in [5.41, 5.74) is -0.953. The highest BCUT2D eigenvalue weighted by Gasteiger charge is 2.68. The molecule has 8 nitrogen and oxygen atoms in total. The van der Waals surface area contributed by atoms with Gasteiger partial charge in [-0.1, -0.05) is 60.6 Å². The Balaban J connectivity index is 0.000000132. The summed E-state index contributed by atoms with van der Waals surface area (Å²) in [6.45, 7) is 27.0. The fraction of sp³-hybridized carbons (Fsp3) is 0.859. The second-order valence-corrected chi connectivity index (χ2v) is 28.5. The van der Waals surface area contributed by atoms with Gasteiger partial charge < -0.3 is 24.4 Å². The van der Waals surface area contributed by atoms with Crippen LogP contribution in [-0.2, 0) is 28.6 Å². The highest BCUT2D eigenvalue weighted by molar-refractivity contribution is 5.77. The Labute approximate surface area is 437 Å². The van der Waals surface area contributed by atoms with Crippen molar-refractivity contribution in [2.45, 2.75) is 260 Å². The van der Waals surface area contributed by atoms with E-state index < -0.39 is 11.0 Å². The van der Waals surface area contributed by atoms with E-state index in [1.807, 2.05) is 60.6 Å². The van der Waals surface area contributed by atoms with Crippen LogP contribution >= 0.6 is 0 Å². The normalized spacial score (nSPS) is 40.5. The standard InChI is InChI=1S/C20H32O2.C18H30O2.C16H26O3.C10H14O/c1-5-19(3,4)18(21)22-20(6-2)11-14-10-15(20)17-13-8-7-12(9-13)16(14)17;1-5-17(3,4)16(19)20-18(6-2)14-8-12-7-13(10-14)11-15(18)9-12;1-4-14(2,3)13(17)19-16-8-11-5-12(9-16)7-15(18,6-11)10-16;1-3-8(2)9-4-6-10(11)7-5-9/h12-17H,5-11H2,1-4H3;12-15H,5-11H2,1-4H3;11-12,18H,4-10H2,1-3H3;4-8,11H,3H2,1-2H3. The number of benzene rings is 1. The lowest BCUT2D eigenvalue weighted by Crippen LogP contribution is -2.61. The summed E-state index contributed by atoms with van der Waals surface area (Å²) in [6.07, 6.45) is 24.9. The molecule has 0 aliphatic heterocycles. The summed E-state index contributed by atoms with van der Waals surface area (Å²) in [7, 11) is 0. The van der Waals surface area contributed by atoms with Crippen molar-refractivity contribution in [1.29, 1.82) is 0 Å². The Hall–Kier alpha value is -2.61. The Bertz CT molecular complexity index is 2020. The summed E-state index contributed by atoms with van der Waals surface area (Å²) in [5, 5.41) is 19.7. The van der Waals surface area contributed by atoms with Gasteiger partial charge in [-0.05, 0) is 265 Å². The summed E-state index contributed by atoms with van der Waals surface area (Å²) in [6, 6.07) is 7.43. The molecule has 0 aromatic heterocycles. The molecule has 12 aliphatic carbocycles. The van der Waals surface area contributed by atoms with Crippen LogP contribution in [0.1, 0.15) is 243 Å². The van der Waals surface area contributed by atoms with Gasteiger partial charge in [0.2, 0.25) is 0 Å². The molecule has 12 aliphatic rings. The fourth-order valence-electron chi connectivity index (χ4n) is 17.8. The molecular formula is C64H102O8. The summed E-state index contributed by atoms with van der Waals surface area (Å²) in [5.74, 6) is 10.5. The van der Waals surface area contributed by atoms with E-state index in [4.69, 9.17) is 19.3 Å². The summed E-state index contributed by atoms with van der Waals surface area (Å²) < 4.78 is 18.6. The minimum absolute atomic E-state index is 0.0364. The van der Waals surface area contributed by atoms with E-state index in [1.54, 1.807) is 12.1 Å². The van der Waals surface area contributed by atoms with Crippen LogP contribution in [0.25, 0.3) is 0 Å². The van der Waals surface area contributed by atoms with Gasteiger partial charge in [-0.2, -0.15) is 0 Å². The van der Waals surface area contributed by atoms with Gasteiger partial charge >= 0.3 is 17.9 Å². The third-order valence-corrected chi connectivity index (χ3v) is 22.8. The predicted octanol–water partition coefficient (Wildman–Crippen LogP) is 15.3. The number of phenols is 1. The molecule has 1 aromatic carbocycles. The minimum Gasteiger partial charge on any atom is -0.508 e. The van der Waals surface area contributed by atoms with Gasteiger partial charge in [0.25, 0.3) is 0 Å². The van der Waals surface area contributed by atoms with Crippen molar-refractivity contribution in [3.8, 4) is 5.75 Å². The molecule has 12 bridgehead atoms. The van der Waals surface area contributed by atoms with Crippen LogP contribution in [0.3, 0.4) is 0 Å². The maximum Gasteiger partial charge on any atom is 0.312 e. The molecule has 0 saturated heterocycles. The summed E-state index contributed by atoms with van der Waals surface area (Å²) in [4.78, 5) is 37.7. The first kappa shape index (κ1) is 55.6. The first-order valence-corrected chi connectivity index (χ1v) is 30.0. The number of esters is 3. The number of hydrogen-bond donors (Lipinski definition) is 2. The average molecular weight is 1000 g/mol. The van der Waals surface area contributed by atoms with E-state index >= 15 is 0 Å². The monoisotopic (exact) mass is 999 g/mol. The van der Waals surface area contributed by atoms with Crippen LogP contribution in [0.2, 0.25) is 0 Å². The average Bonchev–Trinajstić information content (AvgIpc) is 4.14. The SMILES string of the molecule is CCC(C)(C)C(=O)OC1(CC)C2CC3CC(C2)CC1C3.CCC(C)(C)C(=O)OC1(CC)CC2CC1C1C3CCC(C3)C21.CCC(C)(C)C(=O)OC12CC3CC(CC(O)(C3)C1)C2.CCC(C)c1ccc(O)cc1. The largest absolute Gasteiger partial charge is 0.508 e. The van der Waals surface area contributed by atoms with Crippen molar-refractivity contribution in [3.05, 3.63) is 29.8 Å². The molecule has 2 N–H and O–H groups in total. The van der Waals surface area contributed by atoms with Crippen LogP contribution in [0.5, 0.6) is 5.75 Å². The van der Waals surface area contributed by atoms with Gasteiger partial charge in [-0.3, -0.25) is 14.4 Å². The Morgan fingerprint density at radius 2 is 1.07 bits per heavy atom. The smallest absolute Gasteiger partial charge is 0.312 e. The molecule has 12 fully saturated rings. The maximum absolute atomic E-state index is 12.7. The van der Waals surface area contributed by atoms with Gasteiger partial charge in [-0.15, -0.1) is 0 Å². The van der Waals surface area contributed by atoms with Crippen molar-refractivity contribution in [2.75, 3.05) is 0 Å². The van der Waals surface area contributed by atoms with Crippen LogP contribution < -0.4 is 0 Å². The molecule has 1 aromatic rings. The Kier molecular flexibility index (Phi) is 16.0. The molecule has 406 valence electrons. The Morgan fingerprint density at radius 3 is 1.54 bits per heavy atom. The molecule has 0 heterocycles. The zero-order valence-electron chi connectivity index (χ0n) is 47.7. The number of aliphatic hydroxyl groups is 1. The number of rotatable bonds is 13. The number of carbonyl (C=O) groups excluding carboxylic acids is 3. The van der Waals surface area contributed by atoms with E-state index in [2.05, 4.69) is 41.5 Å². The van der Waals surface area contributed by atoms with Crippen LogP contribution in [0.15, 0.2) is 24.3 Å². The van der Waals surface area contributed by atoms with E-state index in [0.29, 0.717) is 47.7 Å². The minimum atomic E-state index is -0.555. The van der Waals surface area contributed by atoms with Crippen molar-refractivity contribution < 1.29 is 38.8 Å². The number of carbonyl (C=O) groups is 3. The fourth-order valence-corrected chi connectivity index (χ4v) is 17.8. The lowest BCUT2D eigenvalue weighted by atomic mass is 9.49. The topological polar surface area (TPSA) is 119 Å². The Morgan fingerprint density at radius 1 is 0.583 bits per heavy atom. The molecule has 10 atom stereocenters. The first-order chi connectivity index (χ1) is 33.8. The molecule has 8 heteroatoms. The summed E-state index contributed by atoms with van der Waals surface area (Å²) >= 11 is 0. The van der Waals surface area contributed by atoms with E-state index in [-0.39, 0.29) is 45.5 Å². The van der Waals surface area contributed by atoms with E-state index in [9.17, 15) is 19.5 Å². The zero-order valence-corrected chi connectivity index (χ0v) is 47.7. The molecule has 13 rings (SSSR count). The molecule has 0 radical (unpaired) electrons. The van der Waals surface area contributed by atoms with Gasteiger partial charge in [0.15, 0.2) is 0 Å². The van der Waals surface area contributed by atoms with Crippen molar-refractivity contribution in [3.63, 3.8) is 0 Å². The second kappa shape index (κ2) is 20.7. The van der Waals surface area contributed by atoms with Crippen LogP contribution in [-0.4, -0.2) is 50.5 Å². The first-order valence-electron chi connectivity index (χ1n) is 30.0. The zero-order chi connectivity index (χ0) is 52.4. The third-order valence-electron chi connectivity index (χ3n) is 22.8. The number of aromatic hydroxyl groups is 1. The molecule has 0 spiro atoms. The molecule has 12 saturated carbocycles. The van der Waals surface area contributed by atoms with Crippen LogP contribution in [0, 0.1) is 87.3 Å². The number of ether oxygens (including phenoxy) is 3. The van der Waals surface area contributed by atoms with E-state index in [1.165, 1.54) is 69.8 Å². The second-order valence-electron chi connectivity index (χ2n) is 28.5. The quantitative estimate of drug-likeness (QED) is 0.114. The number of phenolic OH excluding ortho intramolecular Hbond substituents is 1. The molecular weight excluding hydrogens is 897 g/mol. The highest BCUT2D eigenvalue weighted by atomic mass is 16.6. The van der Waals surface area contributed by atoms with Crippen molar-refractivity contribution in [1.82, 2.24) is 0 Å². The number of fused-ring (bicyclic) bond motifs is 9. The van der Waals surface area contributed by atoms with Gasteiger partial charge in [0.1, 0.15) is 22.6 Å².